The molecule has 12 heteroatoms. The molecule has 0 aliphatic carbocycles. The molecule has 8 rings (SSSR count). The van der Waals surface area contributed by atoms with Crippen molar-refractivity contribution in [2.75, 3.05) is 38.3 Å². The molecule has 12 nitrogen and oxygen atoms in total. The van der Waals surface area contributed by atoms with Crippen LogP contribution in [0.2, 0.25) is 0 Å². The Kier molecular flexibility index (Phi) is 13.3. The summed E-state index contributed by atoms with van der Waals surface area (Å²) in [6.07, 6.45) is 0.631. The number of anilines is 1. The predicted molar refractivity (Wildman–Crippen MR) is 237 cm³/mol. The van der Waals surface area contributed by atoms with Crippen molar-refractivity contribution in [3.8, 4) is 11.1 Å². The number of hydrogen-bond acceptors (Lipinski definition) is 9. The molecule has 3 aliphatic heterocycles. The van der Waals surface area contributed by atoms with Crippen LogP contribution in [0, 0.1) is 5.92 Å². The number of hydrogen-bond donors (Lipinski definition) is 4. The van der Waals surface area contributed by atoms with E-state index < -0.39 is 29.9 Å². The second-order valence-corrected chi connectivity index (χ2v) is 16.5. The topological polar surface area (TPSA) is 142 Å². The first-order valence-electron chi connectivity index (χ1n) is 21.4. The summed E-state index contributed by atoms with van der Waals surface area (Å²) in [7, 11) is 1.31. The van der Waals surface area contributed by atoms with Crippen LogP contribution in [-0.2, 0) is 43.4 Å². The second-order valence-electron chi connectivity index (χ2n) is 16.5. The Morgan fingerprint density at radius 1 is 0.823 bits per heavy atom. The number of carbonyl (C=O) groups excluding carboxylic acids is 3. The maximum atomic E-state index is 13.4. The lowest BCUT2D eigenvalue weighted by Gasteiger charge is -2.46. The van der Waals surface area contributed by atoms with E-state index in [1.807, 2.05) is 115 Å². The van der Waals surface area contributed by atoms with E-state index in [0.29, 0.717) is 32.5 Å². The SMILES string of the molecule is COC(=O)[C@H](Cc1ccccc1)NC(=O)NCc1cccc(-c2cccc([C@@H]3O[C@H](CN4CCC5(CC4)C(=O)NCN5c4ccccc4)[C@H](C)[C@H](c4ccc(CO)cc4)O3)c2)c1. The Morgan fingerprint density at radius 3 is 2.21 bits per heavy atom. The van der Waals surface area contributed by atoms with Crippen LogP contribution in [-0.4, -0.2) is 79.0 Å². The monoisotopic (exact) mass is 837 g/mol. The summed E-state index contributed by atoms with van der Waals surface area (Å²) < 4.78 is 18.7. The largest absolute Gasteiger partial charge is 0.467 e. The number of piperidine rings is 1. The number of amides is 3. The minimum atomic E-state index is -0.833. The van der Waals surface area contributed by atoms with Crippen LogP contribution in [0.15, 0.2) is 133 Å². The molecule has 322 valence electrons. The number of nitrogens with zero attached hydrogens (tertiary/aromatic N) is 2. The third kappa shape index (κ3) is 9.54. The van der Waals surface area contributed by atoms with Crippen molar-refractivity contribution in [2.45, 2.75) is 69.4 Å². The maximum absolute atomic E-state index is 13.4. The summed E-state index contributed by atoms with van der Waals surface area (Å²) in [5.41, 5.74) is 6.93. The van der Waals surface area contributed by atoms with Crippen molar-refractivity contribution >= 4 is 23.6 Å². The van der Waals surface area contributed by atoms with Gasteiger partial charge in [-0.2, -0.15) is 0 Å². The smallest absolute Gasteiger partial charge is 0.328 e. The summed E-state index contributed by atoms with van der Waals surface area (Å²) in [5, 5.41) is 18.5. The zero-order valence-electron chi connectivity index (χ0n) is 35.2. The van der Waals surface area contributed by atoms with E-state index in [9.17, 15) is 19.5 Å². The number of likely N-dealkylation sites (tertiary alicyclic amines) is 1. The molecule has 62 heavy (non-hydrogen) atoms. The standard InChI is InChI=1S/C50H55N5O7/c1-34-44(31-54-25-23-50(24-26-54)48(58)52-33-55(50)42-17-7-4-8-18-42)61-47(62-45(34)38-21-19-36(32-56)20-22-38)41-16-10-15-40(29-41)39-14-9-13-37(27-39)30-51-49(59)53-43(46(57)60-2)28-35-11-5-3-6-12-35/h3-22,27,29,34,43-45,47,56H,23-26,28,30-33H2,1-2H3,(H,52,58)(H2,51,53,59)/t34-,43-,44+,45+,47+/m0/s1. The summed E-state index contributed by atoms with van der Waals surface area (Å²) >= 11 is 0. The zero-order chi connectivity index (χ0) is 43.1. The van der Waals surface area contributed by atoms with Gasteiger partial charge in [-0.15, -0.1) is 0 Å². The molecule has 0 saturated carbocycles. The van der Waals surface area contributed by atoms with Gasteiger partial charge in [-0.05, 0) is 70.5 Å². The van der Waals surface area contributed by atoms with Gasteiger partial charge in [-0.3, -0.25) is 4.79 Å². The molecule has 0 bridgehead atoms. The molecular formula is C50H55N5O7. The lowest BCUT2D eigenvalue weighted by molar-refractivity contribution is -0.276. The highest BCUT2D eigenvalue weighted by atomic mass is 16.7. The quantitative estimate of drug-likeness (QED) is 0.0960. The van der Waals surface area contributed by atoms with Gasteiger partial charge in [0.1, 0.15) is 11.6 Å². The fourth-order valence-electron chi connectivity index (χ4n) is 9.02. The average molecular weight is 838 g/mol. The van der Waals surface area contributed by atoms with Crippen LogP contribution in [0.25, 0.3) is 11.1 Å². The molecule has 1 spiro atoms. The van der Waals surface area contributed by atoms with Gasteiger partial charge in [0.2, 0.25) is 5.91 Å². The van der Waals surface area contributed by atoms with Crippen molar-refractivity contribution in [3.05, 3.63) is 161 Å². The summed E-state index contributed by atoms with van der Waals surface area (Å²) in [4.78, 5) is 43.5. The molecule has 0 radical (unpaired) electrons. The highest BCUT2D eigenvalue weighted by molar-refractivity contribution is 5.93. The van der Waals surface area contributed by atoms with E-state index in [-0.39, 0.29) is 37.2 Å². The van der Waals surface area contributed by atoms with Gasteiger partial charge in [-0.25, -0.2) is 9.59 Å². The highest BCUT2D eigenvalue weighted by Gasteiger charge is 2.51. The lowest BCUT2D eigenvalue weighted by atomic mass is 9.84. The van der Waals surface area contributed by atoms with Crippen molar-refractivity contribution in [3.63, 3.8) is 0 Å². The number of carbonyl (C=O) groups is 3. The molecule has 5 aromatic carbocycles. The molecule has 3 amide bonds. The molecule has 4 N–H and O–H groups in total. The minimum Gasteiger partial charge on any atom is -0.467 e. The second kappa shape index (κ2) is 19.3. The normalized spacial score (nSPS) is 21.5. The Morgan fingerprint density at radius 2 is 1.50 bits per heavy atom. The van der Waals surface area contributed by atoms with Gasteiger partial charge in [-0.1, -0.05) is 116 Å². The van der Waals surface area contributed by atoms with Gasteiger partial charge in [0, 0.05) is 49.8 Å². The Hall–Kier alpha value is -6.05. The van der Waals surface area contributed by atoms with E-state index in [4.69, 9.17) is 14.2 Å². The molecule has 3 saturated heterocycles. The first-order chi connectivity index (χ1) is 30.2. The molecule has 5 atom stereocenters. The zero-order valence-corrected chi connectivity index (χ0v) is 35.2. The summed E-state index contributed by atoms with van der Waals surface area (Å²) in [6.45, 7) is 5.09. The van der Waals surface area contributed by atoms with Crippen molar-refractivity contribution in [1.82, 2.24) is 20.9 Å². The average Bonchev–Trinajstić information content (AvgIpc) is 3.63. The third-order valence-corrected chi connectivity index (χ3v) is 12.6. The van der Waals surface area contributed by atoms with Crippen molar-refractivity contribution in [1.29, 1.82) is 0 Å². The number of benzene rings is 5. The van der Waals surface area contributed by atoms with Crippen LogP contribution < -0.4 is 20.9 Å². The minimum absolute atomic E-state index is 0.00325. The van der Waals surface area contributed by atoms with Crippen LogP contribution >= 0.6 is 0 Å². The van der Waals surface area contributed by atoms with Crippen LogP contribution in [0.3, 0.4) is 0 Å². The maximum Gasteiger partial charge on any atom is 0.328 e. The van der Waals surface area contributed by atoms with E-state index in [2.05, 4.69) is 50.9 Å². The molecule has 3 heterocycles. The lowest BCUT2D eigenvalue weighted by Crippen LogP contribution is -2.57. The number of urea groups is 1. The van der Waals surface area contributed by atoms with E-state index in [0.717, 1.165) is 57.7 Å². The molecule has 3 fully saturated rings. The van der Waals surface area contributed by atoms with Gasteiger partial charge in [0.25, 0.3) is 0 Å². The Bertz CT molecular complexity index is 2300. The fraction of sp³-hybridized carbons (Fsp3) is 0.340. The van der Waals surface area contributed by atoms with Crippen molar-refractivity contribution < 1.29 is 33.7 Å². The summed E-state index contributed by atoms with van der Waals surface area (Å²) in [6, 6.07) is 42.4. The first kappa shape index (κ1) is 42.6. The number of esters is 1. The van der Waals surface area contributed by atoms with Gasteiger partial charge < -0.3 is 45.1 Å². The number of aliphatic hydroxyl groups excluding tert-OH is 1. The number of aliphatic hydroxyl groups is 1. The van der Waals surface area contributed by atoms with E-state index in [1.54, 1.807) is 0 Å². The summed E-state index contributed by atoms with van der Waals surface area (Å²) in [5.74, 6) is -0.416. The number of ether oxygens (including phenoxy) is 3. The van der Waals surface area contributed by atoms with Gasteiger partial charge >= 0.3 is 12.0 Å². The molecular weight excluding hydrogens is 783 g/mol. The fourth-order valence-corrected chi connectivity index (χ4v) is 9.02. The molecule has 0 aromatic heterocycles. The van der Waals surface area contributed by atoms with Gasteiger partial charge in [0.05, 0.1) is 32.6 Å². The van der Waals surface area contributed by atoms with E-state index in [1.165, 1.54) is 7.11 Å². The number of para-hydroxylation sites is 1. The molecule has 0 unspecified atom stereocenters. The predicted octanol–water partition coefficient (Wildman–Crippen LogP) is 6.65. The highest BCUT2D eigenvalue weighted by Crippen LogP contribution is 2.43. The first-order valence-corrected chi connectivity index (χ1v) is 21.4. The number of rotatable bonds is 13. The molecule has 3 aliphatic rings. The number of nitrogens with one attached hydrogen (secondary N) is 3. The number of methoxy groups -OCH3 is 1. The Balaban J connectivity index is 0.962. The van der Waals surface area contributed by atoms with Crippen LogP contribution in [0.4, 0.5) is 10.5 Å². The van der Waals surface area contributed by atoms with E-state index >= 15 is 0 Å². The molecule has 5 aromatic rings. The van der Waals surface area contributed by atoms with Crippen molar-refractivity contribution in [2.24, 2.45) is 5.92 Å². The third-order valence-electron chi connectivity index (χ3n) is 12.6. The van der Waals surface area contributed by atoms with Crippen LogP contribution in [0.1, 0.15) is 60.0 Å². The van der Waals surface area contributed by atoms with Gasteiger partial charge in [0.15, 0.2) is 6.29 Å². The Labute approximate surface area is 363 Å². The van der Waals surface area contributed by atoms with Crippen LogP contribution in [0.5, 0.6) is 0 Å².